The Kier molecular flexibility index (Phi) is 3.14. The molecule has 1 aliphatic heterocycles. The number of hydrogen-bond acceptors (Lipinski definition) is 4. The first-order valence-corrected chi connectivity index (χ1v) is 7.39. The summed E-state index contributed by atoms with van der Waals surface area (Å²) in [5, 5.41) is 5.91. The van der Waals surface area contributed by atoms with Crippen molar-refractivity contribution in [3.8, 4) is 0 Å². The van der Waals surface area contributed by atoms with Crippen LogP contribution in [0.3, 0.4) is 0 Å². The monoisotopic (exact) mass is 276 g/mol. The van der Waals surface area contributed by atoms with Crippen molar-refractivity contribution >= 4 is 17.2 Å². The molecule has 1 amide bonds. The Morgan fingerprint density at radius 2 is 2.47 bits per heavy atom. The minimum atomic E-state index is -0.0516. The third kappa shape index (κ3) is 2.08. The number of carbonyl (C=O) groups is 1. The Morgan fingerprint density at radius 3 is 3.16 bits per heavy atom. The molecule has 0 radical (unpaired) electrons. The first kappa shape index (κ1) is 12.4. The van der Waals surface area contributed by atoms with Crippen molar-refractivity contribution in [2.45, 2.75) is 32.7 Å². The van der Waals surface area contributed by atoms with Crippen LogP contribution in [0.25, 0.3) is 0 Å². The molecule has 1 aliphatic rings. The summed E-state index contributed by atoms with van der Waals surface area (Å²) in [5.74, 6) is 0.291. The molecule has 0 aromatic carbocycles. The smallest absolute Gasteiger partial charge is 0.292 e. The number of amides is 1. The highest BCUT2D eigenvalue weighted by molar-refractivity contribution is 7.10. The molecule has 19 heavy (non-hydrogen) atoms. The predicted molar refractivity (Wildman–Crippen MR) is 73.3 cm³/mol. The molecule has 0 saturated carbocycles. The molecule has 0 N–H and O–H groups in total. The highest BCUT2D eigenvalue weighted by atomic mass is 32.1. The summed E-state index contributed by atoms with van der Waals surface area (Å²) in [6.07, 6.45) is 1.85. The molecule has 1 unspecified atom stereocenters. The lowest BCUT2D eigenvalue weighted by Crippen LogP contribution is -2.39. The normalized spacial score (nSPS) is 18.4. The van der Waals surface area contributed by atoms with Gasteiger partial charge in [0.05, 0.1) is 11.7 Å². The van der Waals surface area contributed by atoms with Crippen LogP contribution >= 0.6 is 11.3 Å². The van der Waals surface area contributed by atoms with Crippen LogP contribution in [0, 0.1) is 6.92 Å². The second-order valence-corrected chi connectivity index (χ2v) is 5.80. The summed E-state index contributed by atoms with van der Waals surface area (Å²) < 4.78 is 5.10. The van der Waals surface area contributed by atoms with Gasteiger partial charge in [-0.1, -0.05) is 12.1 Å². The van der Waals surface area contributed by atoms with E-state index >= 15 is 0 Å². The average molecular weight is 276 g/mol. The van der Waals surface area contributed by atoms with Gasteiger partial charge in [-0.3, -0.25) is 4.79 Å². The zero-order valence-corrected chi connectivity index (χ0v) is 11.9. The fourth-order valence-corrected chi connectivity index (χ4v) is 3.61. The van der Waals surface area contributed by atoms with Gasteiger partial charge in [-0.25, -0.2) is 0 Å². The summed E-state index contributed by atoms with van der Waals surface area (Å²) >= 11 is 1.78. The van der Waals surface area contributed by atoms with E-state index in [4.69, 9.17) is 4.52 Å². The number of rotatable bonds is 2. The van der Waals surface area contributed by atoms with Crippen molar-refractivity contribution in [3.63, 3.8) is 0 Å². The first-order valence-electron chi connectivity index (χ1n) is 6.51. The SMILES string of the molecule is CCC1c2ccsc2CCN1C(=O)c1cc(C)no1. The van der Waals surface area contributed by atoms with Crippen molar-refractivity contribution in [1.82, 2.24) is 10.1 Å². The van der Waals surface area contributed by atoms with E-state index in [1.807, 2.05) is 11.8 Å². The van der Waals surface area contributed by atoms with Gasteiger partial charge >= 0.3 is 0 Å². The van der Waals surface area contributed by atoms with E-state index in [1.165, 1.54) is 10.4 Å². The van der Waals surface area contributed by atoms with Gasteiger partial charge in [0.2, 0.25) is 5.76 Å². The van der Waals surface area contributed by atoms with Crippen LogP contribution in [0.15, 0.2) is 22.0 Å². The molecule has 5 heteroatoms. The molecule has 3 rings (SSSR count). The Bertz CT molecular complexity index is 602. The van der Waals surface area contributed by atoms with Gasteiger partial charge < -0.3 is 9.42 Å². The number of aromatic nitrogens is 1. The van der Waals surface area contributed by atoms with Crippen LogP contribution in [0.4, 0.5) is 0 Å². The quantitative estimate of drug-likeness (QED) is 0.846. The molecule has 0 bridgehead atoms. The Hall–Kier alpha value is -1.62. The van der Waals surface area contributed by atoms with Crippen LogP contribution < -0.4 is 0 Å². The fourth-order valence-electron chi connectivity index (χ4n) is 2.69. The number of nitrogens with zero attached hydrogens (tertiary/aromatic N) is 2. The van der Waals surface area contributed by atoms with E-state index in [2.05, 4.69) is 23.5 Å². The molecular weight excluding hydrogens is 260 g/mol. The highest BCUT2D eigenvalue weighted by Crippen LogP contribution is 2.35. The number of thiophene rings is 1. The van der Waals surface area contributed by atoms with E-state index in [1.54, 1.807) is 17.4 Å². The van der Waals surface area contributed by atoms with Crippen LogP contribution in [0.1, 0.15) is 46.1 Å². The average Bonchev–Trinajstić information content (AvgIpc) is 3.04. The molecule has 3 heterocycles. The fraction of sp³-hybridized carbons (Fsp3) is 0.429. The molecule has 100 valence electrons. The highest BCUT2D eigenvalue weighted by Gasteiger charge is 2.32. The van der Waals surface area contributed by atoms with Crippen molar-refractivity contribution < 1.29 is 9.32 Å². The second-order valence-electron chi connectivity index (χ2n) is 4.80. The Labute approximate surface area is 116 Å². The maximum absolute atomic E-state index is 12.5. The lowest BCUT2D eigenvalue weighted by atomic mass is 9.97. The van der Waals surface area contributed by atoms with Gasteiger partial charge in [-0.2, -0.15) is 0 Å². The van der Waals surface area contributed by atoms with Gasteiger partial charge in [0, 0.05) is 17.5 Å². The van der Waals surface area contributed by atoms with E-state index in [0.29, 0.717) is 5.76 Å². The minimum absolute atomic E-state index is 0.0516. The largest absolute Gasteiger partial charge is 0.351 e. The predicted octanol–water partition coefficient (Wildman–Crippen LogP) is 3.19. The van der Waals surface area contributed by atoms with E-state index in [0.717, 1.165) is 25.1 Å². The molecule has 2 aromatic rings. The molecular formula is C14H16N2O2S. The van der Waals surface area contributed by atoms with Crippen molar-refractivity contribution in [2.24, 2.45) is 0 Å². The zero-order chi connectivity index (χ0) is 13.4. The summed E-state index contributed by atoms with van der Waals surface area (Å²) in [7, 11) is 0. The van der Waals surface area contributed by atoms with Crippen molar-refractivity contribution in [2.75, 3.05) is 6.54 Å². The topological polar surface area (TPSA) is 46.3 Å². The Morgan fingerprint density at radius 1 is 1.63 bits per heavy atom. The van der Waals surface area contributed by atoms with Gasteiger partial charge in [-0.05, 0) is 36.8 Å². The van der Waals surface area contributed by atoms with E-state index < -0.39 is 0 Å². The van der Waals surface area contributed by atoms with Crippen LogP contribution in [-0.4, -0.2) is 22.5 Å². The summed E-state index contributed by atoms with van der Waals surface area (Å²) in [6, 6.07) is 4.00. The van der Waals surface area contributed by atoms with Crippen molar-refractivity contribution in [1.29, 1.82) is 0 Å². The van der Waals surface area contributed by atoms with E-state index in [9.17, 15) is 4.79 Å². The zero-order valence-electron chi connectivity index (χ0n) is 11.0. The molecule has 0 fully saturated rings. The van der Waals surface area contributed by atoms with Crippen LogP contribution in [0.5, 0.6) is 0 Å². The van der Waals surface area contributed by atoms with Gasteiger partial charge in [0.1, 0.15) is 0 Å². The maximum Gasteiger partial charge on any atom is 0.292 e. The van der Waals surface area contributed by atoms with Crippen LogP contribution in [-0.2, 0) is 6.42 Å². The molecule has 4 nitrogen and oxygen atoms in total. The lowest BCUT2D eigenvalue weighted by molar-refractivity contribution is 0.0615. The number of aryl methyl sites for hydroxylation is 1. The van der Waals surface area contributed by atoms with E-state index in [-0.39, 0.29) is 11.9 Å². The number of carbonyl (C=O) groups excluding carboxylic acids is 1. The van der Waals surface area contributed by atoms with Crippen LogP contribution in [0.2, 0.25) is 0 Å². The van der Waals surface area contributed by atoms with Gasteiger partial charge in [0.15, 0.2) is 0 Å². The summed E-state index contributed by atoms with van der Waals surface area (Å²) in [4.78, 5) is 15.8. The number of fused-ring (bicyclic) bond motifs is 1. The third-order valence-electron chi connectivity index (χ3n) is 3.58. The molecule has 0 saturated heterocycles. The Balaban J connectivity index is 1.91. The third-order valence-corrected chi connectivity index (χ3v) is 4.58. The van der Waals surface area contributed by atoms with Gasteiger partial charge in [-0.15, -0.1) is 11.3 Å². The van der Waals surface area contributed by atoms with Gasteiger partial charge in [0.25, 0.3) is 5.91 Å². The summed E-state index contributed by atoms with van der Waals surface area (Å²) in [6.45, 7) is 4.69. The summed E-state index contributed by atoms with van der Waals surface area (Å²) in [5.41, 5.74) is 2.04. The molecule has 0 spiro atoms. The molecule has 1 atom stereocenters. The first-order chi connectivity index (χ1) is 9.20. The maximum atomic E-state index is 12.5. The standard InChI is InChI=1S/C14H16N2O2S/c1-3-11-10-5-7-19-13(10)4-6-16(11)14(17)12-8-9(2)15-18-12/h5,7-8,11H,3-4,6H2,1-2H3. The molecule has 0 aliphatic carbocycles. The second kappa shape index (κ2) is 4.81. The minimum Gasteiger partial charge on any atom is -0.351 e. The number of hydrogen-bond donors (Lipinski definition) is 0. The molecule has 2 aromatic heterocycles. The van der Waals surface area contributed by atoms with Crippen molar-refractivity contribution in [3.05, 3.63) is 39.4 Å². The lowest BCUT2D eigenvalue weighted by Gasteiger charge is -2.34.